The molecule has 34 heavy (non-hydrogen) atoms. The van der Waals surface area contributed by atoms with Gasteiger partial charge in [0.15, 0.2) is 9.84 Å². The van der Waals surface area contributed by atoms with Crippen molar-refractivity contribution in [1.29, 1.82) is 0 Å². The molecular weight excluding hydrogens is 476 g/mol. The van der Waals surface area contributed by atoms with E-state index < -0.39 is 27.7 Å². The fraction of sp³-hybridized carbons (Fsp3) is 0.500. The first-order chi connectivity index (χ1) is 15.9. The summed E-state index contributed by atoms with van der Waals surface area (Å²) in [6, 6.07) is 3.77. The van der Waals surface area contributed by atoms with Crippen molar-refractivity contribution in [3.8, 4) is 0 Å². The average Bonchev–Trinajstić information content (AvgIpc) is 3.14. The molecule has 2 aromatic rings. The molecule has 3 heterocycles. The Bertz CT molecular complexity index is 1160. The Morgan fingerprint density at radius 3 is 2.26 bits per heavy atom. The molecule has 0 unspecified atom stereocenters. The van der Waals surface area contributed by atoms with Crippen molar-refractivity contribution in [3.05, 3.63) is 47.8 Å². The van der Waals surface area contributed by atoms with E-state index in [0.717, 1.165) is 24.7 Å². The number of halogens is 4. The minimum atomic E-state index is -4.59. The Kier molecular flexibility index (Phi) is 6.54. The van der Waals surface area contributed by atoms with E-state index in [1.54, 1.807) is 0 Å². The molecule has 2 saturated heterocycles. The second kappa shape index (κ2) is 9.12. The Balaban J connectivity index is 1.34. The van der Waals surface area contributed by atoms with E-state index in [9.17, 15) is 30.8 Å². The normalized spacial score (nSPS) is 20.3. The first-order valence-electron chi connectivity index (χ1n) is 10.9. The zero-order chi connectivity index (χ0) is 24.7. The van der Waals surface area contributed by atoms with Crippen LogP contribution >= 0.6 is 0 Å². The fourth-order valence-corrected chi connectivity index (χ4v) is 5.20. The summed E-state index contributed by atoms with van der Waals surface area (Å²) in [7, 11) is -3.51. The summed E-state index contributed by atoms with van der Waals surface area (Å²) < 4.78 is 75.6. The smallest absolute Gasteiger partial charge is 0.369 e. The van der Waals surface area contributed by atoms with Crippen molar-refractivity contribution in [1.82, 2.24) is 14.9 Å². The van der Waals surface area contributed by atoms with Gasteiger partial charge in [-0.15, -0.1) is 0 Å². The van der Waals surface area contributed by atoms with Crippen LogP contribution in [0.2, 0.25) is 0 Å². The van der Waals surface area contributed by atoms with Gasteiger partial charge in [-0.05, 0) is 43.4 Å². The molecule has 1 atom stereocenters. The summed E-state index contributed by atoms with van der Waals surface area (Å²) in [5.74, 6) is -2.24. The number of amides is 1. The first-order valence-corrected chi connectivity index (χ1v) is 12.8. The third-order valence-corrected chi connectivity index (χ3v) is 7.54. The monoisotopic (exact) mass is 500 g/mol. The van der Waals surface area contributed by atoms with Crippen LogP contribution in [0.5, 0.6) is 0 Å². The predicted molar refractivity (Wildman–Crippen MR) is 115 cm³/mol. The molecular formula is C22H24F4N4O3S. The standard InChI is InChI=1S/C22H24F4N4O3S/c1-34(32,33)18-3-2-14(19(23)11-18)10-15-4-9-30(20(15)31)16-5-7-29(8-6-16)17-12-27-21(28-13-17)22(24,25)26/h2-3,11-13,15-16H,4-10H2,1H3/t15-/m1/s1. The highest BCUT2D eigenvalue weighted by Crippen LogP contribution is 2.31. The third-order valence-electron chi connectivity index (χ3n) is 6.43. The quantitative estimate of drug-likeness (QED) is 0.587. The number of benzene rings is 1. The Hall–Kier alpha value is -2.76. The van der Waals surface area contributed by atoms with Gasteiger partial charge >= 0.3 is 6.18 Å². The lowest BCUT2D eigenvalue weighted by molar-refractivity contribution is -0.145. The lowest BCUT2D eigenvalue weighted by Crippen LogP contribution is -2.46. The van der Waals surface area contributed by atoms with Crippen LogP contribution < -0.4 is 4.90 Å². The lowest BCUT2D eigenvalue weighted by atomic mass is 9.97. The fourth-order valence-electron chi connectivity index (χ4n) is 4.57. The van der Waals surface area contributed by atoms with Crippen molar-refractivity contribution in [2.24, 2.45) is 5.92 Å². The zero-order valence-corrected chi connectivity index (χ0v) is 19.2. The Morgan fingerprint density at radius 2 is 1.71 bits per heavy atom. The van der Waals surface area contributed by atoms with Gasteiger partial charge in [-0.25, -0.2) is 22.8 Å². The van der Waals surface area contributed by atoms with Crippen molar-refractivity contribution < 1.29 is 30.8 Å². The molecule has 12 heteroatoms. The van der Waals surface area contributed by atoms with Gasteiger partial charge in [0.25, 0.3) is 0 Å². The topological polar surface area (TPSA) is 83.5 Å². The molecule has 1 aromatic carbocycles. The minimum absolute atomic E-state index is 0.00146. The van der Waals surface area contributed by atoms with E-state index in [1.165, 1.54) is 12.1 Å². The maximum Gasteiger partial charge on any atom is 0.451 e. The van der Waals surface area contributed by atoms with Crippen LogP contribution in [0.4, 0.5) is 23.2 Å². The van der Waals surface area contributed by atoms with Crippen molar-refractivity contribution in [2.45, 2.75) is 42.8 Å². The average molecular weight is 501 g/mol. The number of hydrogen-bond acceptors (Lipinski definition) is 6. The van der Waals surface area contributed by atoms with Gasteiger partial charge in [0, 0.05) is 37.8 Å². The highest BCUT2D eigenvalue weighted by molar-refractivity contribution is 7.90. The zero-order valence-electron chi connectivity index (χ0n) is 18.4. The number of sulfone groups is 1. The highest BCUT2D eigenvalue weighted by Gasteiger charge is 2.38. The number of nitrogens with zero attached hydrogens (tertiary/aromatic N) is 4. The lowest BCUT2D eigenvalue weighted by Gasteiger charge is -2.37. The largest absolute Gasteiger partial charge is 0.451 e. The number of carbonyl (C=O) groups excluding carboxylic acids is 1. The third kappa shape index (κ3) is 5.16. The molecule has 2 aliphatic heterocycles. The molecule has 184 valence electrons. The maximum absolute atomic E-state index is 14.4. The van der Waals surface area contributed by atoms with Crippen LogP contribution in [-0.4, -0.2) is 61.1 Å². The van der Waals surface area contributed by atoms with E-state index in [4.69, 9.17) is 0 Å². The van der Waals surface area contributed by atoms with Crippen molar-refractivity contribution >= 4 is 21.4 Å². The number of anilines is 1. The second-order valence-electron chi connectivity index (χ2n) is 8.73. The molecule has 1 aromatic heterocycles. The number of piperidine rings is 1. The molecule has 0 bridgehead atoms. The van der Waals surface area contributed by atoms with Gasteiger partial charge in [0.2, 0.25) is 11.7 Å². The Labute approximate surface area is 194 Å². The van der Waals surface area contributed by atoms with Crippen LogP contribution in [0.1, 0.15) is 30.7 Å². The first kappa shape index (κ1) is 24.4. The van der Waals surface area contributed by atoms with Gasteiger partial charge in [-0.1, -0.05) is 6.07 Å². The summed E-state index contributed by atoms with van der Waals surface area (Å²) in [5.41, 5.74) is 0.815. The van der Waals surface area contributed by atoms with Crippen LogP contribution in [0.25, 0.3) is 0 Å². The summed E-state index contributed by atoms with van der Waals surface area (Å²) in [5, 5.41) is 0. The maximum atomic E-state index is 14.4. The van der Waals surface area contributed by atoms with Gasteiger partial charge < -0.3 is 9.80 Å². The molecule has 0 N–H and O–H groups in total. The number of alkyl halides is 3. The minimum Gasteiger partial charge on any atom is -0.369 e. The van der Waals surface area contributed by atoms with Gasteiger partial charge in [-0.2, -0.15) is 13.2 Å². The SMILES string of the molecule is CS(=O)(=O)c1ccc(C[C@H]2CCN(C3CCN(c4cnc(C(F)(F)F)nc4)CC3)C2=O)c(F)c1. The van der Waals surface area contributed by atoms with Gasteiger partial charge in [0.1, 0.15) is 5.82 Å². The van der Waals surface area contributed by atoms with Crippen LogP contribution in [0, 0.1) is 11.7 Å². The number of aromatic nitrogens is 2. The number of rotatable bonds is 5. The van der Waals surface area contributed by atoms with Crippen molar-refractivity contribution in [3.63, 3.8) is 0 Å². The number of hydrogen-bond donors (Lipinski definition) is 0. The molecule has 0 spiro atoms. The van der Waals surface area contributed by atoms with Crippen LogP contribution in [0.15, 0.2) is 35.5 Å². The van der Waals surface area contributed by atoms with Crippen LogP contribution in [-0.2, 0) is 27.2 Å². The second-order valence-corrected chi connectivity index (χ2v) is 10.7. The molecule has 7 nitrogen and oxygen atoms in total. The Morgan fingerprint density at radius 1 is 1.06 bits per heavy atom. The van der Waals surface area contributed by atoms with Gasteiger partial charge in [-0.3, -0.25) is 4.79 Å². The highest BCUT2D eigenvalue weighted by atomic mass is 32.2. The molecule has 0 saturated carbocycles. The van der Waals surface area contributed by atoms with E-state index in [0.29, 0.717) is 50.1 Å². The predicted octanol–water partition coefficient (Wildman–Crippen LogP) is 3.10. The summed E-state index contributed by atoms with van der Waals surface area (Å²) in [4.78, 5) is 23.4. The van der Waals surface area contributed by atoms with Gasteiger partial charge in [0.05, 0.1) is 23.0 Å². The van der Waals surface area contributed by atoms with E-state index in [2.05, 4.69) is 9.97 Å². The molecule has 2 fully saturated rings. The van der Waals surface area contributed by atoms with E-state index in [-0.39, 0.29) is 29.2 Å². The molecule has 2 aliphatic rings. The van der Waals surface area contributed by atoms with E-state index >= 15 is 0 Å². The molecule has 0 aliphatic carbocycles. The number of likely N-dealkylation sites (tertiary alicyclic amines) is 1. The van der Waals surface area contributed by atoms with Crippen LogP contribution in [0.3, 0.4) is 0 Å². The summed E-state index contributed by atoms with van der Waals surface area (Å²) in [6.07, 6.45) is 0.833. The van der Waals surface area contributed by atoms with Crippen molar-refractivity contribution in [2.75, 3.05) is 30.8 Å². The summed E-state index contributed by atoms with van der Waals surface area (Å²) >= 11 is 0. The van der Waals surface area contributed by atoms with E-state index in [1.807, 2.05) is 9.80 Å². The molecule has 4 rings (SSSR count). The molecule has 1 amide bonds. The molecule has 0 radical (unpaired) electrons. The summed E-state index contributed by atoms with van der Waals surface area (Å²) in [6.45, 7) is 1.66. The number of carbonyl (C=O) groups is 1.